The highest BCUT2D eigenvalue weighted by Crippen LogP contribution is 2.28. The van der Waals surface area contributed by atoms with Crippen molar-refractivity contribution in [2.75, 3.05) is 18.1 Å². The molecule has 2 rings (SSSR count). The van der Waals surface area contributed by atoms with Gasteiger partial charge in [-0.15, -0.1) is 0 Å². The lowest BCUT2D eigenvalue weighted by Gasteiger charge is -2.31. The van der Waals surface area contributed by atoms with E-state index in [9.17, 15) is 5.11 Å². The second-order valence-electron chi connectivity index (χ2n) is 6.19. The van der Waals surface area contributed by atoms with Gasteiger partial charge in [-0.25, -0.2) is 0 Å². The Morgan fingerprint density at radius 2 is 2.14 bits per heavy atom. The summed E-state index contributed by atoms with van der Waals surface area (Å²) in [6.07, 6.45) is 4.79. The largest absolute Gasteiger partial charge is 0.394 e. The predicted molar refractivity (Wildman–Crippen MR) is 92.8 cm³/mol. The van der Waals surface area contributed by atoms with Gasteiger partial charge in [-0.2, -0.15) is 0 Å². The summed E-state index contributed by atoms with van der Waals surface area (Å²) >= 11 is 3.70. The molecule has 0 aliphatic carbocycles. The molecule has 1 saturated heterocycles. The summed E-state index contributed by atoms with van der Waals surface area (Å²) in [5.41, 5.74) is 2.50. The lowest BCUT2D eigenvalue weighted by molar-refractivity contribution is 0.255. The molecule has 1 fully saturated rings. The zero-order chi connectivity index (χ0) is 15.2. The summed E-state index contributed by atoms with van der Waals surface area (Å²) in [7, 11) is 0. The highest BCUT2D eigenvalue weighted by Gasteiger charge is 2.21. The topological polar surface area (TPSA) is 35.5 Å². The Morgan fingerprint density at radius 1 is 1.33 bits per heavy atom. The minimum absolute atomic E-state index is 0.244. The van der Waals surface area contributed by atoms with E-state index in [4.69, 9.17) is 0 Å². The number of anilines is 1. The molecule has 21 heavy (non-hydrogen) atoms. The van der Waals surface area contributed by atoms with E-state index in [1.54, 1.807) is 0 Å². The third-order valence-electron chi connectivity index (χ3n) is 4.16. The number of benzene rings is 1. The molecule has 0 amide bonds. The molecule has 0 radical (unpaired) electrons. The van der Waals surface area contributed by atoms with Gasteiger partial charge in [0.05, 0.1) is 12.6 Å². The van der Waals surface area contributed by atoms with Crippen LogP contribution >= 0.6 is 15.9 Å². The van der Waals surface area contributed by atoms with Crippen LogP contribution in [0.4, 0.5) is 5.69 Å². The molecule has 0 saturated carbocycles. The van der Waals surface area contributed by atoms with Gasteiger partial charge in [0.2, 0.25) is 0 Å². The van der Waals surface area contributed by atoms with Gasteiger partial charge in [0.25, 0.3) is 0 Å². The summed E-state index contributed by atoms with van der Waals surface area (Å²) in [5, 5.41) is 13.1. The Balaban J connectivity index is 2.13. The summed E-state index contributed by atoms with van der Waals surface area (Å²) < 4.78 is 1.15. The van der Waals surface area contributed by atoms with E-state index in [1.165, 1.54) is 30.5 Å². The molecular formula is C17H27BrN2O. The van der Waals surface area contributed by atoms with E-state index in [0.717, 1.165) is 24.0 Å². The molecule has 1 atom stereocenters. The first-order valence-electron chi connectivity index (χ1n) is 8.01. The summed E-state index contributed by atoms with van der Waals surface area (Å²) in [4.78, 5) is 2.37. The Labute approximate surface area is 136 Å². The number of nitrogens with zero attached hydrogens (tertiary/aromatic N) is 1. The maximum absolute atomic E-state index is 9.65. The fraction of sp³-hybridized carbons (Fsp3) is 0.647. The van der Waals surface area contributed by atoms with Crippen molar-refractivity contribution in [2.45, 2.75) is 58.2 Å². The second kappa shape index (κ2) is 8.16. The van der Waals surface area contributed by atoms with Crippen molar-refractivity contribution in [3.05, 3.63) is 28.2 Å². The van der Waals surface area contributed by atoms with Crippen LogP contribution in [0.5, 0.6) is 0 Å². The minimum Gasteiger partial charge on any atom is -0.394 e. The van der Waals surface area contributed by atoms with Gasteiger partial charge >= 0.3 is 0 Å². The Hall–Kier alpha value is -0.580. The molecule has 0 aromatic heterocycles. The SMILES string of the molecule is CC(C)NCc1ccc(N2CCCCCC2CO)cc1Br. The lowest BCUT2D eigenvalue weighted by atomic mass is 10.1. The van der Waals surface area contributed by atoms with Crippen LogP contribution in [0, 0.1) is 0 Å². The lowest BCUT2D eigenvalue weighted by Crippen LogP contribution is -2.37. The van der Waals surface area contributed by atoms with E-state index in [2.05, 4.69) is 58.2 Å². The van der Waals surface area contributed by atoms with Crippen molar-refractivity contribution < 1.29 is 5.11 Å². The van der Waals surface area contributed by atoms with Gasteiger partial charge < -0.3 is 15.3 Å². The maximum atomic E-state index is 9.65. The minimum atomic E-state index is 0.244. The Kier molecular flexibility index (Phi) is 6.52. The summed E-state index contributed by atoms with van der Waals surface area (Å²) in [6.45, 7) is 6.48. The summed E-state index contributed by atoms with van der Waals surface area (Å²) in [5.74, 6) is 0. The van der Waals surface area contributed by atoms with Crippen LogP contribution in [-0.2, 0) is 6.54 Å². The van der Waals surface area contributed by atoms with Crippen molar-refractivity contribution in [2.24, 2.45) is 0 Å². The van der Waals surface area contributed by atoms with Crippen LogP contribution in [-0.4, -0.2) is 30.3 Å². The first-order valence-corrected chi connectivity index (χ1v) is 8.80. The zero-order valence-electron chi connectivity index (χ0n) is 13.1. The van der Waals surface area contributed by atoms with Crippen LogP contribution in [0.2, 0.25) is 0 Å². The van der Waals surface area contributed by atoms with Crippen molar-refractivity contribution in [3.63, 3.8) is 0 Å². The average Bonchev–Trinajstić information content (AvgIpc) is 2.70. The molecular weight excluding hydrogens is 328 g/mol. The molecule has 118 valence electrons. The number of hydrogen-bond donors (Lipinski definition) is 2. The first kappa shape index (κ1) is 16.8. The van der Waals surface area contributed by atoms with Gasteiger partial charge in [-0.3, -0.25) is 0 Å². The molecule has 4 heteroatoms. The molecule has 1 aromatic rings. The van der Waals surface area contributed by atoms with Gasteiger partial charge in [-0.1, -0.05) is 48.7 Å². The molecule has 0 bridgehead atoms. The van der Waals surface area contributed by atoms with Crippen molar-refractivity contribution in [3.8, 4) is 0 Å². The summed E-state index contributed by atoms with van der Waals surface area (Å²) in [6, 6.07) is 7.33. The standard InChI is InChI=1S/C17H27BrN2O/c1-13(2)19-11-14-7-8-15(10-17(14)18)20-9-5-3-4-6-16(20)12-21/h7-8,10,13,16,19,21H,3-6,9,11-12H2,1-2H3. The number of aliphatic hydroxyl groups is 1. The maximum Gasteiger partial charge on any atom is 0.0635 e. The number of rotatable bonds is 5. The van der Waals surface area contributed by atoms with Gasteiger partial charge in [-0.05, 0) is 30.5 Å². The van der Waals surface area contributed by atoms with Crippen LogP contribution < -0.4 is 10.2 Å². The van der Waals surface area contributed by atoms with E-state index < -0.39 is 0 Å². The second-order valence-corrected chi connectivity index (χ2v) is 7.04. The van der Waals surface area contributed by atoms with E-state index in [-0.39, 0.29) is 12.6 Å². The molecule has 1 aliphatic heterocycles. The van der Waals surface area contributed by atoms with Gasteiger partial charge in [0, 0.05) is 29.3 Å². The van der Waals surface area contributed by atoms with E-state index in [0.29, 0.717) is 6.04 Å². The Bertz CT molecular complexity index is 450. The zero-order valence-corrected chi connectivity index (χ0v) is 14.7. The molecule has 1 aromatic carbocycles. The van der Waals surface area contributed by atoms with Crippen LogP contribution in [0.25, 0.3) is 0 Å². The third kappa shape index (κ3) is 4.70. The molecule has 1 heterocycles. The van der Waals surface area contributed by atoms with Crippen LogP contribution in [0.1, 0.15) is 45.1 Å². The molecule has 2 N–H and O–H groups in total. The fourth-order valence-electron chi connectivity index (χ4n) is 2.88. The predicted octanol–water partition coefficient (Wildman–Crippen LogP) is 3.69. The average molecular weight is 355 g/mol. The normalized spacial score (nSPS) is 19.9. The van der Waals surface area contributed by atoms with Gasteiger partial charge in [0.15, 0.2) is 0 Å². The number of halogens is 1. The van der Waals surface area contributed by atoms with Crippen molar-refractivity contribution >= 4 is 21.6 Å². The third-order valence-corrected chi connectivity index (χ3v) is 4.90. The van der Waals surface area contributed by atoms with Gasteiger partial charge in [0.1, 0.15) is 0 Å². The van der Waals surface area contributed by atoms with Crippen molar-refractivity contribution in [1.29, 1.82) is 0 Å². The van der Waals surface area contributed by atoms with Crippen molar-refractivity contribution in [1.82, 2.24) is 5.32 Å². The number of aliphatic hydroxyl groups excluding tert-OH is 1. The molecule has 0 spiro atoms. The van der Waals surface area contributed by atoms with Crippen LogP contribution in [0.3, 0.4) is 0 Å². The molecule has 1 aliphatic rings. The fourth-order valence-corrected chi connectivity index (χ4v) is 3.39. The quantitative estimate of drug-likeness (QED) is 0.846. The first-order chi connectivity index (χ1) is 10.1. The molecule has 1 unspecified atom stereocenters. The highest BCUT2D eigenvalue weighted by molar-refractivity contribution is 9.10. The van der Waals surface area contributed by atoms with E-state index in [1.807, 2.05) is 0 Å². The van der Waals surface area contributed by atoms with Crippen LogP contribution in [0.15, 0.2) is 22.7 Å². The number of nitrogens with one attached hydrogen (secondary N) is 1. The highest BCUT2D eigenvalue weighted by atomic mass is 79.9. The monoisotopic (exact) mass is 354 g/mol. The van der Waals surface area contributed by atoms with E-state index >= 15 is 0 Å². The number of hydrogen-bond acceptors (Lipinski definition) is 3. The smallest absolute Gasteiger partial charge is 0.0635 e. The molecule has 3 nitrogen and oxygen atoms in total. The Morgan fingerprint density at radius 3 is 2.81 bits per heavy atom.